The van der Waals surface area contributed by atoms with E-state index in [0.717, 1.165) is 25.6 Å². The molecule has 4 heteroatoms. The van der Waals surface area contributed by atoms with Crippen LogP contribution in [0, 0.1) is 11.3 Å². The molecule has 108 valence electrons. The van der Waals surface area contributed by atoms with Gasteiger partial charge in [-0.3, -0.25) is 4.68 Å². The van der Waals surface area contributed by atoms with Crippen molar-refractivity contribution in [3.05, 3.63) is 18.0 Å². The summed E-state index contributed by atoms with van der Waals surface area (Å²) in [6, 6.07) is 0. The van der Waals surface area contributed by atoms with E-state index in [1.165, 1.54) is 31.2 Å². The average Bonchev–Trinajstić information content (AvgIpc) is 2.78. The van der Waals surface area contributed by atoms with Gasteiger partial charge in [0.25, 0.3) is 0 Å². The van der Waals surface area contributed by atoms with E-state index in [4.69, 9.17) is 5.73 Å². The third-order valence-corrected chi connectivity index (χ3v) is 4.58. The van der Waals surface area contributed by atoms with Crippen LogP contribution in [0.4, 0.5) is 0 Å². The highest BCUT2D eigenvalue weighted by atomic mass is 15.2. The van der Waals surface area contributed by atoms with Crippen LogP contribution in [0.3, 0.4) is 0 Å². The maximum absolute atomic E-state index is 6.09. The van der Waals surface area contributed by atoms with Gasteiger partial charge < -0.3 is 10.6 Å². The average molecular weight is 264 g/mol. The van der Waals surface area contributed by atoms with Crippen LogP contribution in [0.1, 0.15) is 38.2 Å². The molecule has 1 aliphatic rings. The predicted octanol–water partition coefficient (Wildman–Crippen LogP) is 2.01. The van der Waals surface area contributed by atoms with Gasteiger partial charge in [-0.25, -0.2) is 0 Å². The second kappa shape index (κ2) is 6.06. The summed E-state index contributed by atoms with van der Waals surface area (Å²) in [7, 11) is 4.16. The minimum Gasteiger partial charge on any atom is -0.330 e. The normalized spacial score (nSPS) is 27.9. The van der Waals surface area contributed by atoms with Crippen molar-refractivity contribution >= 4 is 0 Å². The minimum atomic E-state index is 0.337. The van der Waals surface area contributed by atoms with Crippen molar-refractivity contribution in [1.82, 2.24) is 14.7 Å². The van der Waals surface area contributed by atoms with Crippen molar-refractivity contribution in [2.24, 2.45) is 24.1 Å². The lowest BCUT2D eigenvalue weighted by Gasteiger charge is -2.41. The number of hydrogen-bond donors (Lipinski definition) is 1. The van der Waals surface area contributed by atoms with Crippen LogP contribution in [-0.2, 0) is 13.6 Å². The Morgan fingerprint density at radius 1 is 1.47 bits per heavy atom. The van der Waals surface area contributed by atoms with Crippen molar-refractivity contribution in [3.8, 4) is 0 Å². The van der Waals surface area contributed by atoms with E-state index < -0.39 is 0 Å². The molecule has 0 atom stereocenters. The SMILES string of the molecule is CC1CCC(CN)(CN(C)Cc2cnn(C)c2)CC1. The topological polar surface area (TPSA) is 47.1 Å². The maximum Gasteiger partial charge on any atom is 0.0534 e. The fraction of sp³-hybridized carbons (Fsp3) is 0.800. The van der Waals surface area contributed by atoms with Gasteiger partial charge in [-0.1, -0.05) is 19.8 Å². The molecule has 2 N–H and O–H groups in total. The van der Waals surface area contributed by atoms with Gasteiger partial charge in [0.1, 0.15) is 0 Å². The fourth-order valence-corrected chi connectivity index (χ4v) is 3.29. The zero-order valence-corrected chi connectivity index (χ0v) is 12.6. The first kappa shape index (κ1) is 14.5. The number of nitrogens with zero attached hydrogens (tertiary/aromatic N) is 3. The molecule has 1 aromatic rings. The van der Waals surface area contributed by atoms with Gasteiger partial charge in [0.05, 0.1) is 6.20 Å². The van der Waals surface area contributed by atoms with Gasteiger partial charge in [0.2, 0.25) is 0 Å². The summed E-state index contributed by atoms with van der Waals surface area (Å²) in [5.74, 6) is 0.878. The summed E-state index contributed by atoms with van der Waals surface area (Å²) in [6.45, 7) is 5.24. The van der Waals surface area contributed by atoms with Crippen molar-refractivity contribution in [2.75, 3.05) is 20.1 Å². The Morgan fingerprint density at radius 2 is 2.16 bits per heavy atom. The molecular formula is C15H28N4. The van der Waals surface area contributed by atoms with Crippen LogP contribution in [0.25, 0.3) is 0 Å². The lowest BCUT2D eigenvalue weighted by molar-refractivity contribution is 0.105. The Bertz CT molecular complexity index is 391. The van der Waals surface area contributed by atoms with Gasteiger partial charge in [0, 0.05) is 31.9 Å². The van der Waals surface area contributed by atoms with Crippen molar-refractivity contribution in [3.63, 3.8) is 0 Å². The van der Waals surface area contributed by atoms with Crippen LogP contribution < -0.4 is 5.73 Å². The molecule has 1 aromatic heterocycles. The third-order valence-electron chi connectivity index (χ3n) is 4.58. The second-order valence-corrected chi connectivity index (χ2v) is 6.58. The molecular weight excluding hydrogens is 236 g/mol. The van der Waals surface area contributed by atoms with Crippen LogP contribution >= 0.6 is 0 Å². The predicted molar refractivity (Wildman–Crippen MR) is 78.7 cm³/mol. The first-order chi connectivity index (χ1) is 9.03. The Morgan fingerprint density at radius 3 is 2.68 bits per heavy atom. The van der Waals surface area contributed by atoms with E-state index >= 15 is 0 Å². The zero-order valence-electron chi connectivity index (χ0n) is 12.6. The molecule has 1 heterocycles. The number of aromatic nitrogens is 2. The number of nitrogens with two attached hydrogens (primary N) is 1. The van der Waals surface area contributed by atoms with Gasteiger partial charge in [0.15, 0.2) is 0 Å². The summed E-state index contributed by atoms with van der Waals surface area (Å²) in [5.41, 5.74) is 7.70. The summed E-state index contributed by atoms with van der Waals surface area (Å²) >= 11 is 0. The smallest absolute Gasteiger partial charge is 0.0534 e. The quantitative estimate of drug-likeness (QED) is 0.885. The van der Waals surface area contributed by atoms with Crippen molar-refractivity contribution in [1.29, 1.82) is 0 Å². The lowest BCUT2D eigenvalue weighted by Crippen LogP contribution is -2.43. The van der Waals surface area contributed by atoms with E-state index in [9.17, 15) is 0 Å². The lowest BCUT2D eigenvalue weighted by atomic mass is 9.70. The second-order valence-electron chi connectivity index (χ2n) is 6.58. The summed E-state index contributed by atoms with van der Waals surface area (Å²) < 4.78 is 1.87. The van der Waals surface area contributed by atoms with Gasteiger partial charge in [-0.2, -0.15) is 5.10 Å². The monoisotopic (exact) mass is 264 g/mol. The van der Waals surface area contributed by atoms with Crippen LogP contribution in [0.2, 0.25) is 0 Å². The molecule has 0 aliphatic heterocycles. The van der Waals surface area contributed by atoms with Crippen LogP contribution in [0.5, 0.6) is 0 Å². The molecule has 0 saturated heterocycles. The number of aryl methyl sites for hydroxylation is 1. The molecule has 1 saturated carbocycles. The molecule has 1 aliphatic carbocycles. The molecule has 0 unspecified atom stereocenters. The summed E-state index contributed by atoms with van der Waals surface area (Å²) in [6.07, 6.45) is 9.27. The van der Waals surface area contributed by atoms with E-state index in [0.29, 0.717) is 5.41 Å². The van der Waals surface area contributed by atoms with Gasteiger partial charge in [-0.05, 0) is 37.8 Å². The largest absolute Gasteiger partial charge is 0.330 e. The molecule has 0 spiro atoms. The van der Waals surface area contributed by atoms with Gasteiger partial charge in [-0.15, -0.1) is 0 Å². The molecule has 0 bridgehead atoms. The first-order valence-electron chi connectivity index (χ1n) is 7.39. The Kier molecular flexibility index (Phi) is 4.63. The molecule has 0 aromatic carbocycles. The highest BCUT2D eigenvalue weighted by Gasteiger charge is 2.33. The molecule has 0 radical (unpaired) electrons. The fourth-order valence-electron chi connectivity index (χ4n) is 3.29. The maximum atomic E-state index is 6.09. The van der Waals surface area contributed by atoms with Crippen LogP contribution in [0.15, 0.2) is 12.4 Å². The summed E-state index contributed by atoms with van der Waals surface area (Å²) in [4.78, 5) is 2.40. The third kappa shape index (κ3) is 3.80. The van der Waals surface area contributed by atoms with E-state index in [1.807, 2.05) is 17.9 Å². The highest BCUT2D eigenvalue weighted by Crippen LogP contribution is 2.38. The van der Waals surface area contributed by atoms with Crippen LogP contribution in [-0.4, -0.2) is 34.8 Å². The standard InChI is InChI=1S/C15H28N4/c1-13-4-6-15(11-16,7-5-13)12-18(2)9-14-8-17-19(3)10-14/h8,10,13H,4-7,9,11-12,16H2,1-3H3. The molecule has 1 fully saturated rings. The Balaban J connectivity index is 1.90. The molecule has 4 nitrogen and oxygen atoms in total. The van der Waals surface area contributed by atoms with E-state index in [-0.39, 0.29) is 0 Å². The molecule has 0 amide bonds. The molecule has 19 heavy (non-hydrogen) atoms. The number of rotatable bonds is 5. The van der Waals surface area contributed by atoms with Crippen molar-refractivity contribution < 1.29 is 0 Å². The van der Waals surface area contributed by atoms with Crippen molar-refractivity contribution in [2.45, 2.75) is 39.2 Å². The minimum absolute atomic E-state index is 0.337. The van der Waals surface area contributed by atoms with E-state index in [2.05, 4.69) is 30.2 Å². The summed E-state index contributed by atoms with van der Waals surface area (Å²) in [5, 5.41) is 4.23. The highest BCUT2D eigenvalue weighted by molar-refractivity contribution is 5.03. The van der Waals surface area contributed by atoms with Gasteiger partial charge >= 0.3 is 0 Å². The first-order valence-corrected chi connectivity index (χ1v) is 7.39. The van der Waals surface area contributed by atoms with E-state index in [1.54, 1.807) is 0 Å². The zero-order chi connectivity index (χ0) is 13.9. The Hall–Kier alpha value is -0.870. The number of hydrogen-bond acceptors (Lipinski definition) is 3. The molecule has 2 rings (SSSR count). The Labute approximate surface area is 117 Å².